The summed E-state index contributed by atoms with van der Waals surface area (Å²) in [5, 5.41) is 4.33. The summed E-state index contributed by atoms with van der Waals surface area (Å²) >= 11 is 0. The lowest BCUT2D eigenvalue weighted by Gasteiger charge is -2.41. The molecule has 2 aromatic carbocycles. The minimum atomic E-state index is -0.539. The van der Waals surface area contributed by atoms with Crippen molar-refractivity contribution in [2.75, 3.05) is 20.3 Å². The molecule has 1 saturated carbocycles. The number of pyridine rings is 1. The fourth-order valence-corrected chi connectivity index (χ4v) is 5.00. The second kappa shape index (κ2) is 10.1. The fraction of sp³-hybridized carbons (Fsp3) is 0.452. The molecule has 2 aliphatic rings. The van der Waals surface area contributed by atoms with Gasteiger partial charge < -0.3 is 24.4 Å². The van der Waals surface area contributed by atoms with E-state index in [1.165, 1.54) is 0 Å². The molecule has 1 saturated heterocycles. The molecule has 1 atom stereocenters. The standard InChI is InChI=1S/C31H37N3O5/c1-19-7-9-22(38-18-21-11-14-34(21)29(36)39-30(3,4)5)15-25(19)28(35)33-31(12-13-31)26-16-23(37-6)17-27-24(26)10-8-20(2)32-27/h7-10,15-17,21H,11-14,18H2,1-6H3,(H,33,35). The van der Waals surface area contributed by atoms with Gasteiger partial charge in [0, 0.05) is 29.3 Å². The highest BCUT2D eigenvalue weighted by molar-refractivity contribution is 5.97. The molecule has 0 spiro atoms. The van der Waals surface area contributed by atoms with Crippen molar-refractivity contribution >= 4 is 22.9 Å². The minimum absolute atomic E-state index is 0.0493. The molecule has 2 fully saturated rings. The highest BCUT2D eigenvalue weighted by Crippen LogP contribution is 2.49. The van der Waals surface area contributed by atoms with Gasteiger partial charge in [-0.15, -0.1) is 0 Å². The molecule has 1 aromatic heterocycles. The van der Waals surface area contributed by atoms with Crippen molar-refractivity contribution in [2.45, 2.75) is 71.1 Å². The summed E-state index contributed by atoms with van der Waals surface area (Å²) in [5.74, 6) is 1.17. The molecule has 3 aromatic rings. The molecule has 206 valence electrons. The Bertz CT molecular complexity index is 1420. The zero-order valence-electron chi connectivity index (χ0n) is 23.6. The van der Waals surface area contributed by atoms with Crippen molar-refractivity contribution < 1.29 is 23.8 Å². The van der Waals surface area contributed by atoms with Gasteiger partial charge >= 0.3 is 6.09 Å². The van der Waals surface area contributed by atoms with Gasteiger partial charge in [-0.3, -0.25) is 9.78 Å². The van der Waals surface area contributed by atoms with E-state index in [2.05, 4.69) is 16.4 Å². The van der Waals surface area contributed by atoms with E-state index in [0.29, 0.717) is 24.5 Å². The van der Waals surface area contributed by atoms with Crippen molar-refractivity contribution in [3.05, 3.63) is 64.8 Å². The number of methoxy groups -OCH3 is 1. The minimum Gasteiger partial charge on any atom is -0.497 e. The molecule has 2 amide bonds. The van der Waals surface area contributed by atoms with Gasteiger partial charge in [-0.2, -0.15) is 0 Å². The van der Waals surface area contributed by atoms with E-state index in [4.69, 9.17) is 14.2 Å². The second-order valence-electron chi connectivity index (χ2n) is 11.6. The third-order valence-corrected chi connectivity index (χ3v) is 7.44. The Morgan fingerprint density at radius 3 is 2.49 bits per heavy atom. The first-order valence-electron chi connectivity index (χ1n) is 13.5. The SMILES string of the molecule is COc1cc(C2(NC(=O)c3cc(OCC4CCN4C(=O)OC(C)(C)C)ccc3C)CC2)c2ccc(C)nc2c1. The molecule has 1 aliphatic carbocycles. The zero-order chi connectivity index (χ0) is 27.9. The van der Waals surface area contributed by atoms with E-state index >= 15 is 0 Å². The van der Waals surface area contributed by atoms with Crippen LogP contribution in [-0.4, -0.2) is 53.8 Å². The first-order chi connectivity index (χ1) is 18.5. The molecule has 1 N–H and O–H groups in total. The molecular weight excluding hydrogens is 494 g/mol. The summed E-state index contributed by atoms with van der Waals surface area (Å²) in [6, 6.07) is 13.5. The van der Waals surface area contributed by atoms with Gasteiger partial charge in [0.15, 0.2) is 0 Å². The number of hydrogen-bond acceptors (Lipinski definition) is 6. The first-order valence-corrected chi connectivity index (χ1v) is 13.5. The second-order valence-corrected chi connectivity index (χ2v) is 11.6. The van der Waals surface area contributed by atoms with Gasteiger partial charge in [0.1, 0.15) is 23.7 Å². The van der Waals surface area contributed by atoms with Crippen LogP contribution in [0.15, 0.2) is 42.5 Å². The normalized spacial score (nSPS) is 17.8. The Hall–Kier alpha value is -3.81. The number of benzene rings is 2. The molecular formula is C31H37N3O5. The van der Waals surface area contributed by atoms with Crippen LogP contribution < -0.4 is 14.8 Å². The number of carbonyl (C=O) groups excluding carboxylic acids is 2. The summed E-state index contributed by atoms with van der Waals surface area (Å²) in [6.07, 6.45) is 2.21. The molecule has 8 heteroatoms. The number of nitrogens with one attached hydrogen (secondary N) is 1. The molecule has 0 radical (unpaired) electrons. The van der Waals surface area contributed by atoms with Crippen LogP contribution in [0.2, 0.25) is 0 Å². The van der Waals surface area contributed by atoms with Crippen LogP contribution >= 0.6 is 0 Å². The van der Waals surface area contributed by atoms with Crippen molar-refractivity contribution in [3.8, 4) is 11.5 Å². The maximum atomic E-state index is 13.6. The van der Waals surface area contributed by atoms with E-state index < -0.39 is 11.1 Å². The maximum absolute atomic E-state index is 13.6. The van der Waals surface area contributed by atoms with E-state index in [9.17, 15) is 9.59 Å². The van der Waals surface area contributed by atoms with Gasteiger partial charge in [-0.25, -0.2) is 4.79 Å². The Labute approximate surface area is 229 Å². The van der Waals surface area contributed by atoms with Gasteiger partial charge in [0.25, 0.3) is 5.91 Å². The number of ether oxygens (including phenoxy) is 3. The maximum Gasteiger partial charge on any atom is 0.410 e. The third kappa shape index (κ3) is 5.65. The molecule has 39 heavy (non-hydrogen) atoms. The zero-order valence-corrected chi connectivity index (χ0v) is 23.6. The lowest BCUT2D eigenvalue weighted by atomic mass is 9.97. The first kappa shape index (κ1) is 26.8. The smallest absolute Gasteiger partial charge is 0.410 e. The van der Waals surface area contributed by atoms with E-state index in [1.54, 1.807) is 18.1 Å². The van der Waals surface area contributed by atoms with Gasteiger partial charge in [0.2, 0.25) is 0 Å². The number of likely N-dealkylation sites (tertiary alicyclic amines) is 1. The Morgan fingerprint density at radius 1 is 1.08 bits per heavy atom. The summed E-state index contributed by atoms with van der Waals surface area (Å²) in [4.78, 5) is 32.4. The summed E-state index contributed by atoms with van der Waals surface area (Å²) in [6.45, 7) is 10.4. The number of rotatable bonds is 7. The quantitative estimate of drug-likeness (QED) is 0.423. The number of hydrogen-bond donors (Lipinski definition) is 1. The molecule has 2 heterocycles. The molecule has 1 unspecified atom stereocenters. The number of amides is 2. The largest absolute Gasteiger partial charge is 0.497 e. The number of carbonyl (C=O) groups is 2. The van der Waals surface area contributed by atoms with E-state index in [0.717, 1.165) is 52.7 Å². The molecule has 8 nitrogen and oxygen atoms in total. The lowest BCUT2D eigenvalue weighted by molar-refractivity contribution is -0.0141. The number of nitrogens with zero attached hydrogens (tertiary/aromatic N) is 2. The average molecular weight is 532 g/mol. The van der Waals surface area contributed by atoms with Gasteiger partial charge in [-0.05, 0) is 89.3 Å². The number of aromatic nitrogens is 1. The van der Waals surface area contributed by atoms with Crippen molar-refractivity contribution in [2.24, 2.45) is 0 Å². The van der Waals surface area contributed by atoms with Crippen LogP contribution in [-0.2, 0) is 10.3 Å². The lowest BCUT2D eigenvalue weighted by Crippen LogP contribution is -2.55. The van der Waals surface area contributed by atoms with E-state index in [-0.39, 0.29) is 18.0 Å². The van der Waals surface area contributed by atoms with Gasteiger partial charge in [-0.1, -0.05) is 12.1 Å². The predicted molar refractivity (Wildman–Crippen MR) is 149 cm³/mol. The Morgan fingerprint density at radius 2 is 1.85 bits per heavy atom. The summed E-state index contributed by atoms with van der Waals surface area (Å²) < 4.78 is 17.1. The predicted octanol–water partition coefficient (Wildman–Crippen LogP) is 5.67. The van der Waals surface area contributed by atoms with Crippen LogP contribution in [0.4, 0.5) is 4.79 Å². The van der Waals surface area contributed by atoms with Crippen molar-refractivity contribution in [3.63, 3.8) is 0 Å². The van der Waals surface area contributed by atoms with Crippen LogP contribution in [0.3, 0.4) is 0 Å². The summed E-state index contributed by atoms with van der Waals surface area (Å²) in [5.41, 5.74) is 3.23. The third-order valence-electron chi connectivity index (χ3n) is 7.44. The molecule has 0 bridgehead atoms. The van der Waals surface area contributed by atoms with Crippen LogP contribution in [0, 0.1) is 13.8 Å². The van der Waals surface area contributed by atoms with Gasteiger partial charge in [0.05, 0.1) is 24.2 Å². The fourth-order valence-electron chi connectivity index (χ4n) is 5.00. The summed E-state index contributed by atoms with van der Waals surface area (Å²) in [7, 11) is 1.64. The Kier molecular flexibility index (Phi) is 6.91. The van der Waals surface area contributed by atoms with Crippen molar-refractivity contribution in [1.82, 2.24) is 15.2 Å². The number of fused-ring (bicyclic) bond motifs is 1. The van der Waals surface area contributed by atoms with Crippen LogP contribution in [0.1, 0.15) is 67.2 Å². The highest BCUT2D eigenvalue weighted by Gasteiger charge is 2.47. The van der Waals surface area contributed by atoms with E-state index in [1.807, 2.05) is 65.0 Å². The van der Waals surface area contributed by atoms with Crippen molar-refractivity contribution in [1.29, 1.82) is 0 Å². The average Bonchev–Trinajstić information content (AvgIpc) is 3.62. The monoisotopic (exact) mass is 531 g/mol. The number of aryl methyl sites for hydroxylation is 2. The molecule has 1 aliphatic heterocycles. The topological polar surface area (TPSA) is 90.0 Å². The van der Waals surface area contributed by atoms with Crippen LogP contribution in [0.5, 0.6) is 11.5 Å². The highest BCUT2D eigenvalue weighted by atomic mass is 16.6. The molecule has 5 rings (SSSR count). The Balaban J connectivity index is 1.31. The van der Waals surface area contributed by atoms with Crippen LogP contribution in [0.25, 0.3) is 10.9 Å².